The largest absolute Gasteiger partial charge is 0.480 e. The number of rotatable bonds is 3. The van der Waals surface area contributed by atoms with E-state index in [1.807, 2.05) is 5.38 Å². The number of hydrogen-bond donors (Lipinski definition) is 2. The predicted molar refractivity (Wildman–Crippen MR) is 64.8 cm³/mol. The molecule has 1 aromatic rings. The Balaban J connectivity index is 2.45. The van der Waals surface area contributed by atoms with Crippen molar-refractivity contribution in [3.8, 4) is 0 Å². The van der Waals surface area contributed by atoms with Gasteiger partial charge < -0.3 is 5.11 Å². The van der Waals surface area contributed by atoms with Crippen molar-refractivity contribution < 1.29 is 9.90 Å². The summed E-state index contributed by atoms with van der Waals surface area (Å²) in [6.07, 6.45) is 1.59. The maximum absolute atomic E-state index is 11.6. The molecule has 2 rings (SSSR count). The van der Waals surface area contributed by atoms with Crippen molar-refractivity contribution in [3.63, 3.8) is 0 Å². The molecule has 0 aliphatic carbocycles. The standard InChI is InChI=1S/C12H17NO2S/c1-8(2)7-12(11(14)15)10-9(3-5-13-12)4-6-16-10/h4,6,8,13H,3,5,7H2,1-2H3,(H,14,15)/t12-/m0/s1. The third-order valence-corrected chi connectivity index (χ3v) is 4.15. The monoisotopic (exact) mass is 239 g/mol. The maximum Gasteiger partial charge on any atom is 0.329 e. The molecule has 3 nitrogen and oxygen atoms in total. The summed E-state index contributed by atoms with van der Waals surface area (Å²) < 4.78 is 0. The summed E-state index contributed by atoms with van der Waals surface area (Å²) in [4.78, 5) is 12.6. The highest BCUT2D eigenvalue weighted by atomic mass is 32.1. The molecule has 4 heteroatoms. The number of aliphatic carboxylic acids is 1. The van der Waals surface area contributed by atoms with Gasteiger partial charge in [-0.15, -0.1) is 11.3 Å². The van der Waals surface area contributed by atoms with E-state index < -0.39 is 11.5 Å². The lowest BCUT2D eigenvalue weighted by Gasteiger charge is -2.35. The number of fused-ring (bicyclic) bond motifs is 1. The molecule has 0 bridgehead atoms. The van der Waals surface area contributed by atoms with E-state index >= 15 is 0 Å². The van der Waals surface area contributed by atoms with Gasteiger partial charge in [0, 0.05) is 11.4 Å². The number of hydrogen-bond acceptors (Lipinski definition) is 3. The van der Waals surface area contributed by atoms with Crippen LogP contribution in [0.2, 0.25) is 0 Å². The number of carbonyl (C=O) groups is 1. The first-order chi connectivity index (χ1) is 7.56. The van der Waals surface area contributed by atoms with Crippen LogP contribution in [0.25, 0.3) is 0 Å². The molecule has 0 saturated heterocycles. The summed E-state index contributed by atoms with van der Waals surface area (Å²) in [7, 11) is 0. The molecule has 0 aromatic carbocycles. The zero-order chi connectivity index (χ0) is 11.8. The minimum atomic E-state index is -0.851. The summed E-state index contributed by atoms with van der Waals surface area (Å²) >= 11 is 1.56. The fourth-order valence-corrected chi connectivity index (χ4v) is 3.57. The Bertz CT molecular complexity index is 399. The molecule has 16 heavy (non-hydrogen) atoms. The fraction of sp³-hybridized carbons (Fsp3) is 0.583. The van der Waals surface area contributed by atoms with Gasteiger partial charge in [-0.1, -0.05) is 13.8 Å². The maximum atomic E-state index is 11.6. The Hall–Kier alpha value is -0.870. The van der Waals surface area contributed by atoms with Crippen molar-refractivity contribution in [2.45, 2.75) is 32.2 Å². The van der Waals surface area contributed by atoms with Gasteiger partial charge in [0.2, 0.25) is 0 Å². The van der Waals surface area contributed by atoms with Crippen LogP contribution in [0, 0.1) is 5.92 Å². The van der Waals surface area contributed by atoms with Crippen LogP contribution < -0.4 is 5.32 Å². The highest BCUT2D eigenvalue weighted by Crippen LogP contribution is 2.37. The third-order valence-electron chi connectivity index (χ3n) is 3.04. The van der Waals surface area contributed by atoms with Crippen molar-refractivity contribution >= 4 is 17.3 Å². The zero-order valence-electron chi connectivity index (χ0n) is 9.62. The molecule has 0 unspecified atom stereocenters. The summed E-state index contributed by atoms with van der Waals surface area (Å²) in [6, 6.07) is 2.05. The first-order valence-corrected chi connectivity index (χ1v) is 6.49. The van der Waals surface area contributed by atoms with E-state index in [1.54, 1.807) is 11.3 Å². The molecule has 1 aliphatic rings. The van der Waals surface area contributed by atoms with Crippen LogP contribution in [0.1, 0.15) is 30.7 Å². The van der Waals surface area contributed by atoms with Gasteiger partial charge in [0.15, 0.2) is 5.54 Å². The van der Waals surface area contributed by atoms with Gasteiger partial charge in [-0.3, -0.25) is 5.32 Å². The second kappa shape index (κ2) is 4.18. The van der Waals surface area contributed by atoms with Crippen LogP contribution in [-0.4, -0.2) is 17.6 Å². The van der Waals surface area contributed by atoms with Crippen molar-refractivity contribution in [2.24, 2.45) is 5.92 Å². The van der Waals surface area contributed by atoms with Crippen molar-refractivity contribution in [1.82, 2.24) is 5.32 Å². The van der Waals surface area contributed by atoms with E-state index in [9.17, 15) is 9.90 Å². The minimum absolute atomic E-state index is 0.358. The van der Waals surface area contributed by atoms with Gasteiger partial charge in [-0.2, -0.15) is 0 Å². The molecule has 1 aliphatic heterocycles. The topological polar surface area (TPSA) is 49.3 Å². The van der Waals surface area contributed by atoms with Crippen LogP contribution >= 0.6 is 11.3 Å². The SMILES string of the molecule is CC(C)C[C@]1(C(=O)O)NCCc2ccsc21. The molecular weight excluding hydrogens is 222 g/mol. The van der Waals surface area contributed by atoms with Crippen LogP contribution in [0.15, 0.2) is 11.4 Å². The summed E-state index contributed by atoms with van der Waals surface area (Å²) in [5.41, 5.74) is 0.349. The number of thiophene rings is 1. The Morgan fingerprint density at radius 1 is 1.69 bits per heavy atom. The van der Waals surface area contributed by atoms with E-state index in [0.717, 1.165) is 17.8 Å². The Kier molecular flexibility index (Phi) is 3.04. The molecule has 2 heterocycles. The Morgan fingerprint density at radius 3 is 3.06 bits per heavy atom. The molecule has 0 amide bonds. The van der Waals surface area contributed by atoms with E-state index in [1.165, 1.54) is 5.56 Å². The van der Waals surface area contributed by atoms with Crippen LogP contribution in [0.3, 0.4) is 0 Å². The molecule has 0 saturated carbocycles. The Labute approximate surface area is 99.5 Å². The molecule has 1 aromatic heterocycles. The highest BCUT2D eigenvalue weighted by Gasteiger charge is 2.44. The average molecular weight is 239 g/mol. The first kappa shape index (κ1) is 11.6. The van der Waals surface area contributed by atoms with E-state index in [-0.39, 0.29) is 0 Å². The zero-order valence-corrected chi connectivity index (χ0v) is 10.4. The predicted octanol–water partition coefficient (Wildman–Crippen LogP) is 2.22. The lowest BCUT2D eigenvalue weighted by Crippen LogP contribution is -2.53. The molecule has 88 valence electrons. The highest BCUT2D eigenvalue weighted by molar-refractivity contribution is 7.10. The summed E-state index contributed by atoms with van der Waals surface area (Å²) in [5, 5.41) is 14.8. The number of nitrogens with one attached hydrogen (secondary N) is 1. The molecule has 0 radical (unpaired) electrons. The molecule has 2 N–H and O–H groups in total. The molecular formula is C12H17NO2S. The number of carboxylic acid groups (broad SMARTS) is 1. The normalized spacial score (nSPS) is 24.4. The van der Waals surface area contributed by atoms with Crippen molar-refractivity contribution in [3.05, 3.63) is 21.9 Å². The number of carboxylic acids is 1. The van der Waals surface area contributed by atoms with Crippen molar-refractivity contribution in [2.75, 3.05) is 6.54 Å². The van der Waals surface area contributed by atoms with Crippen LogP contribution in [0.5, 0.6) is 0 Å². The quantitative estimate of drug-likeness (QED) is 0.850. The average Bonchev–Trinajstić information content (AvgIpc) is 2.65. The van der Waals surface area contributed by atoms with E-state index in [0.29, 0.717) is 12.3 Å². The van der Waals surface area contributed by atoms with Gasteiger partial charge >= 0.3 is 5.97 Å². The van der Waals surface area contributed by atoms with Gasteiger partial charge in [0.1, 0.15) is 0 Å². The van der Waals surface area contributed by atoms with Gasteiger partial charge in [-0.05, 0) is 35.8 Å². The Morgan fingerprint density at radius 2 is 2.44 bits per heavy atom. The van der Waals surface area contributed by atoms with Crippen LogP contribution in [-0.2, 0) is 16.8 Å². The second-order valence-corrected chi connectivity index (χ2v) is 5.68. The third kappa shape index (κ3) is 1.76. The van der Waals surface area contributed by atoms with Gasteiger partial charge in [-0.25, -0.2) is 4.79 Å². The van der Waals surface area contributed by atoms with E-state index in [4.69, 9.17) is 0 Å². The first-order valence-electron chi connectivity index (χ1n) is 5.61. The molecule has 0 fully saturated rings. The van der Waals surface area contributed by atoms with E-state index in [2.05, 4.69) is 25.2 Å². The molecule has 0 spiro atoms. The second-order valence-electron chi connectivity index (χ2n) is 4.76. The van der Waals surface area contributed by atoms with Crippen molar-refractivity contribution in [1.29, 1.82) is 0 Å². The molecule has 1 atom stereocenters. The summed E-state index contributed by atoms with van der Waals surface area (Å²) in [5.74, 6) is -0.388. The minimum Gasteiger partial charge on any atom is -0.480 e. The van der Waals surface area contributed by atoms with Gasteiger partial charge in [0.05, 0.1) is 0 Å². The van der Waals surface area contributed by atoms with Gasteiger partial charge in [0.25, 0.3) is 0 Å². The smallest absolute Gasteiger partial charge is 0.329 e. The summed E-state index contributed by atoms with van der Waals surface area (Å²) in [6.45, 7) is 4.88. The van der Waals surface area contributed by atoms with Crippen LogP contribution in [0.4, 0.5) is 0 Å². The lowest BCUT2D eigenvalue weighted by atomic mass is 9.83. The fourth-order valence-electron chi connectivity index (χ4n) is 2.44. The lowest BCUT2D eigenvalue weighted by molar-refractivity contribution is -0.146.